The molecule has 0 bridgehead atoms. The maximum absolute atomic E-state index is 12.5. The smallest absolute Gasteiger partial charge is 0.411 e. The highest BCUT2D eigenvalue weighted by Crippen LogP contribution is 2.30. The van der Waals surface area contributed by atoms with Gasteiger partial charge in [0.2, 0.25) is 3.79 Å². The van der Waals surface area contributed by atoms with Crippen LogP contribution in [0.15, 0.2) is 71.2 Å². The van der Waals surface area contributed by atoms with Crippen molar-refractivity contribution in [2.24, 2.45) is 0 Å². The second-order valence-corrected chi connectivity index (χ2v) is 10.1. The average Bonchev–Trinajstić information content (AvgIpc) is 2.76. The van der Waals surface area contributed by atoms with Gasteiger partial charge in [0.05, 0.1) is 5.69 Å². The fourth-order valence-electron chi connectivity index (χ4n) is 2.55. The first-order chi connectivity index (χ1) is 15.6. The van der Waals surface area contributed by atoms with E-state index >= 15 is 0 Å². The van der Waals surface area contributed by atoms with Crippen molar-refractivity contribution in [1.29, 1.82) is 0 Å². The van der Waals surface area contributed by atoms with Gasteiger partial charge in [-0.2, -0.15) is 0 Å². The van der Waals surface area contributed by atoms with Gasteiger partial charge in [-0.3, -0.25) is 10.1 Å². The molecular weight excluding hydrogens is 557 g/mol. The Morgan fingerprint density at radius 2 is 1.52 bits per heavy atom. The summed E-state index contributed by atoms with van der Waals surface area (Å²) in [6.07, 6.45) is -0.767. The predicted octanol–water partition coefficient (Wildman–Crippen LogP) is 6.99. The second kappa shape index (κ2) is 11.0. The lowest BCUT2D eigenvalue weighted by atomic mass is 10.1. The fourth-order valence-corrected chi connectivity index (χ4v) is 2.98. The number of anilines is 3. The van der Waals surface area contributed by atoms with Crippen molar-refractivity contribution in [3.63, 3.8) is 0 Å². The van der Waals surface area contributed by atoms with Gasteiger partial charge < -0.3 is 20.5 Å². The van der Waals surface area contributed by atoms with E-state index in [1.54, 1.807) is 48.5 Å². The van der Waals surface area contributed by atoms with Gasteiger partial charge in [0, 0.05) is 21.4 Å². The van der Waals surface area contributed by atoms with Gasteiger partial charge in [0.25, 0.3) is 5.91 Å². The molecule has 0 aliphatic heterocycles. The van der Waals surface area contributed by atoms with Gasteiger partial charge in [0.15, 0.2) is 0 Å². The minimum absolute atomic E-state index is 0.288. The summed E-state index contributed by atoms with van der Waals surface area (Å²) in [7, 11) is 0. The van der Waals surface area contributed by atoms with Gasteiger partial charge in [-0.25, -0.2) is 4.79 Å². The van der Waals surface area contributed by atoms with Crippen molar-refractivity contribution in [3.8, 4) is 11.5 Å². The largest absolute Gasteiger partial charge is 0.455 e. The first-order valence-electron chi connectivity index (χ1n) is 9.34. The van der Waals surface area contributed by atoms with E-state index in [-0.39, 0.29) is 18.2 Å². The molecule has 0 aliphatic carbocycles. The first-order valence-corrected chi connectivity index (χ1v) is 11.3. The van der Waals surface area contributed by atoms with Crippen molar-refractivity contribution < 1.29 is 19.1 Å². The first kappa shape index (κ1) is 25.0. The minimum Gasteiger partial charge on any atom is -0.455 e. The third kappa shape index (κ3) is 8.01. The van der Waals surface area contributed by atoms with Crippen LogP contribution in [0.1, 0.15) is 10.4 Å². The zero-order valence-corrected chi connectivity index (χ0v) is 20.6. The number of amides is 2. The molecule has 0 spiro atoms. The summed E-state index contributed by atoms with van der Waals surface area (Å²) in [6, 6.07) is 18.4. The molecule has 0 saturated heterocycles. The number of carbonyl (C=O) groups excluding carboxylic acids is 2. The lowest BCUT2D eigenvalue weighted by molar-refractivity contribution is 0.102. The van der Waals surface area contributed by atoms with Crippen molar-refractivity contribution in [1.82, 2.24) is 0 Å². The van der Waals surface area contributed by atoms with E-state index in [4.69, 9.17) is 50.0 Å². The maximum Gasteiger partial charge on any atom is 0.411 e. The summed E-state index contributed by atoms with van der Waals surface area (Å²) in [5.41, 5.74) is 7.85. The summed E-state index contributed by atoms with van der Waals surface area (Å²) in [4.78, 5) is 24.2. The van der Waals surface area contributed by atoms with Crippen LogP contribution in [0.2, 0.25) is 0 Å². The van der Waals surface area contributed by atoms with Crippen LogP contribution in [0.25, 0.3) is 0 Å². The highest BCUT2D eigenvalue weighted by atomic mass is 79.9. The molecule has 3 rings (SSSR count). The van der Waals surface area contributed by atoms with Gasteiger partial charge in [0.1, 0.15) is 18.1 Å². The number of rotatable bonds is 6. The summed E-state index contributed by atoms with van der Waals surface area (Å²) < 4.78 is 9.79. The van der Waals surface area contributed by atoms with Crippen LogP contribution in [0.4, 0.5) is 21.9 Å². The highest BCUT2D eigenvalue weighted by molar-refractivity contribution is 9.10. The number of benzene rings is 3. The Kier molecular flexibility index (Phi) is 8.31. The van der Waals surface area contributed by atoms with Crippen LogP contribution in [-0.4, -0.2) is 22.4 Å². The van der Waals surface area contributed by atoms with Crippen molar-refractivity contribution >= 4 is 79.8 Å². The van der Waals surface area contributed by atoms with Gasteiger partial charge in [-0.05, 0) is 66.7 Å². The van der Waals surface area contributed by atoms with E-state index < -0.39 is 9.89 Å². The standard InChI is InChI=1S/C22H17BrCl3N3O4/c23-14-2-4-15(5-3-14)28-20(30)13-1-10-19(18(27)11-13)33-17-8-6-16(7-9-17)29-21(31)32-12-22(24,25)26/h1-11H,12,27H2,(H,28,30)(H,29,31). The summed E-state index contributed by atoms with van der Waals surface area (Å²) in [6.45, 7) is -0.388. The molecule has 0 fully saturated rings. The number of alkyl halides is 3. The summed E-state index contributed by atoms with van der Waals surface area (Å²) in [5, 5.41) is 5.29. The fraction of sp³-hybridized carbons (Fsp3) is 0.0909. The average molecular weight is 574 g/mol. The molecule has 0 unspecified atom stereocenters. The third-order valence-electron chi connectivity index (χ3n) is 4.07. The number of hydrogen-bond acceptors (Lipinski definition) is 5. The topological polar surface area (TPSA) is 103 Å². The lowest BCUT2D eigenvalue weighted by Gasteiger charge is -2.13. The Balaban J connectivity index is 1.59. The molecule has 3 aromatic carbocycles. The Morgan fingerprint density at radius 3 is 2.12 bits per heavy atom. The third-order valence-corrected chi connectivity index (χ3v) is 4.93. The molecule has 0 aliphatic rings. The Hall–Kier alpha value is -2.65. The summed E-state index contributed by atoms with van der Waals surface area (Å²) in [5.74, 6) is 0.541. The maximum atomic E-state index is 12.5. The Bertz CT molecular complexity index is 1140. The van der Waals surface area contributed by atoms with Crippen LogP contribution < -0.4 is 21.1 Å². The van der Waals surface area contributed by atoms with Gasteiger partial charge >= 0.3 is 6.09 Å². The van der Waals surface area contributed by atoms with Crippen LogP contribution in [0.3, 0.4) is 0 Å². The molecule has 2 amide bonds. The van der Waals surface area contributed by atoms with E-state index in [1.165, 1.54) is 6.07 Å². The number of halogens is 4. The van der Waals surface area contributed by atoms with Crippen molar-refractivity contribution in [3.05, 3.63) is 76.8 Å². The van der Waals surface area contributed by atoms with E-state index in [9.17, 15) is 9.59 Å². The zero-order valence-electron chi connectivity index (χ0n) is 16.8. The van der Waals surface area contributed by atoms with Crippen LogP contribution in [0.5, 0.6) is 11.5 Å². The number of nitrogens with two attached hydrogens (primary N) is 1. The highest BCUT2D eigenvalue weighted by Gasteiger charge is 2.22. The van der Waals surface area contributed by atoms with E-state index in [0.29, 0.717) is 28.4 Å². The quantitative estimate of drug-likeness (QED) is 0.218. The molecule has 11 heteroatoms. The van der Waals surface area contributed by atoms with E-state index in [1.807, 2.05) is 12.1 Å². The Labute approximate surface area is 213 Å². The number of hydrogen-bond donors (Lipinski definition) is 3. The Morgan fingerprint density at radius 1 is 0.909 bits per heavy atom. The molecule has 3 aromatic rings. The molecule has 33 heavy (non-hydrogen) atoms. The van der Waals surface area contributed by atoms with Crippen molar-refractivity contribution in [2.75, 3.05) is 23.0 Å². The molecule has 4 N–H and O–H groups in total. The molecule has 172 valence electrons. The number of nitrogen functional groups attached to an aromatic ring is 1. The number of ether oxygens (including phenoxy) is 2. The zero-order chi connectivity index (χ0) is 24.0. The van der Waals surface area contributed by atoms with Crippen LogP contribution in [0, 0.1) is 0 Å². The van der Waals surface area contributed by atoms with Crippen LogP contribution >= 0.6 is 50.7 Å². The monoisotopic (exact) mass is 571 g/mol. The SMILES string of the molecule is Nc1cc(C(=O)Nc2ccc(Br)cc2)ccc1Oc1ccc(NC(=O)OCC(Cl)(Cl)Cl)cc1. The molecule has 0 aromatic heterocycles. The molecule has 0 saturated carbocycles. The summed E-state index contributed by atoms with van der Waals surface area (Å²) >= 11 is 20.0. The minimum atomic E-state index is -1.69. The van der Waals surface area contributed by atoms with Gasteiger partial charge in [-0.1, -0.05) is 50.7 Å². The molecular formula is C22H17BrCl3N3O4. The number of carbonyl (C=O) groups is 2. The lowest BCUT2D eigenvalue weighted by Crippen LogP contribution is -2.21. The molecule has 7 nitrogen and oxygen atoms in total. The normalized spacial score (nSPS) is 10.9. The second-order valence-electron chi connectivity index (χ2n) is 6.66. The van der Waals surface area contributed by atoms with E-state index in [2.05, 4.69) is 26.6 Å². The molecule has 0 radical (unpaired) electrons. The van der Waals surface area contributed by atoms with Crippen molar-refractivity contribution in [2.45, 2.75) is 3.79 Å². The van der Waals surface area contributed by atoms with Gasteiger partial charge in [-0.15, -0.1) is 0 Å². The number of nitrogens with one attached hydrogen (secondary N) is 2. The molecule has 0 atom stereocenters. The molecule has 0 heterocycles. The van der Waals surface area contributed by atoms with Crippen LogP contribution in [-0.2, 0) is 4.74 Å². The predicted molar refractivity (Wildman–Crippen MR) is 135 cm³/mol. The van der Waals surface area contributed by atoms with E-state index in [0.717, 1.165) is 4.47 Å².